The van der Waals surface area contributed by atoms with Crippen molar-refractivity contribution in [2.45, 2.75) is 9.79 Å². The van der Waals surface area contributed by atoms with E-state index >= 15 is 0 Å². The van der Waals surface area contributed by atoms with Crippen LogP contribution in [0, 0.1) is 0 Å². The molecule has 3 nitrogen and oxygen atoms in total. The minimum Gasteiger partial charge on any atom is -0.479 e. The van der Waals surface area contributed by atoms with E-state index in [9.17, 15) is 0 Å². The second-order valence-corrected chi connectivity index (χ2v) is 6.25. The van der Waals surface area contributed by atoms with Crippen LogP contribution in [0.15, 0.2) is 64.4 Å². The molecule has 0 unspecified atom stereocenters. The van der Waals surface area contributed by atoms with Gasteiger partial charge >= 0.3 is 0 Å². The fraction of sp³-hybridized carbons (Fsp3) is 0.0667. The minimum atomic E-state index is 0.567. The highest BCUT2D eigenvalue weighted by molar-refractivity contribution is 8.76. The third-order valence-electron chi connectivity index (χ3n) is 2.75. The fourth-order valence-corrected chi connectivity index (χ4v) is 4.05. The van der Waals surface area contributed by atoms with Gasteiger partial charge in [-0.1, -0.05) is 47.2 Å². The highest BCUT2D eigenvalue weighted by Crippen LogP contribution is 2.43. The molecular formula is C15H12N2OS2. The molecule has 5 heteroatoms. The average Bonchev–Trinajstić information content (AvgIpc) is 2.53. The Morgan fingerprint density at radius 1 is 0.850 bits per heavy atom. The predicted molar refractivity (Wildman–Crippen MR) is 84.2 cm³/mol. The normalized spacial score (nSPS) is 10.7. The molecule has 0 saturated heterocycles. The number of benzene rings is 2. The van der Waals surface area contributed by atoms with E-state index in [1.54, 1.807) is 28.7 Å². The lowest BCUT2D eigenvalue weighted by molar-refractivity contribution is 0.383. The van der Waals surface area contributed by atoms with Gasteiger partial charge in [-0.2, -0.15) is 0 Å². The molecular weight excluding hydrogens is 288 g/mol. The molecule has 3 aromatic rings. The molecule has 0 fully saturated rings. The predicted octanol–water partition coefficient (Wildman–Crippen LogP) is 4.44. The first-order valence-corrected chi connectivity index (χ1v) is 8.22. The zero-order valence-corrected chi connectivity index (χ0v) is 12.4. The van der Waals surface area contributed by atoms with Crippen LogP contribution >= 0.6 is 21.6 Å². The molecule has 100 valence electrons. The molecule has 0 atom stereocenters. The van der Waals surface area contributed by atoms with Crippen molar-refractivity contribution in [3.8, 4) is 5.88 Å². The minimum absolute atomic E-state index is 0.567. The molecule has 20 heavy (non-hydrogen) atoms. The van der Waals surface area contributed by atoms with Crippen LogP contribution in [-0.2, 0) is 0 Å². The summed E-state index contributed by atoms with van der Waals surface area (Å²) in [5.41, 5.74) is 0.879. The van der Waals surface area contributed by atoms with Crippen LogP contribution in [0.2, 0.25) is 0 Å². The van der Waals surface area contributed by atoms with E-state index in [2.05, 4.69) is 22.3 Å². The maximum absolute atomic E-state index is 5.33. The van der Waals surface area contributed by atoms with Crippen molar-refractivity contribution in [2.75, 3.05) is 7.11 Å². The van der Waals surface area contributed by atoms with Crippen molar-refractivity contribution in [3.05, 3.63) is 54.6 Å². The molecule has 2 aromatic carbocycles. The van der Waals surface area contributed by atoms with Crippen molar-refractivity contribution in [1.82, 2.24) is 10.2 Å². The van der Waals surface area contributed by atoms with Crippen LogP contribution in [0.5, 0.6) is 5.88 Å². The molecule has 3 rings (SSSR count). The van der Waals surface area contributed by atoms with Gasteiger partial charge in [0.05, 0.1) is 17.5 Å². The summed E-state index contributed by atoms with van der Waals surface area (Å²) in [4.78, 5) is 2.20. The summed E-state index contributed by atoms with van der Waals surface area (Å²) in [6, 6.07) is 18.2. The Morgan fingerprint density at radius 3 is 2.40 bits per heavy atom. The van der Waals surface area contributed by atoms with Crippen LogP contribution in [0.4, 0.5) is 0 Å². The number of fused-ring (bicyclic) bond motifs is 1. The molecule has 1 heterocycles. The SMILES string of the molecule is COc1nnc2ccccc2c1SSc1ccccc1. The van der Waals surface area contributed by atoms with Crippen LogP contribution < -0.4 is 4.74 Å². The van der Waals surface area contributed by atoms with E-state index in [1.807, 2.05) is 42.5 Å². The van der Waals surface area contributed by atoms with Gasteiger partial charge in [0, 0.05) is 10.3 Å². The van der Waals surface area contributed by atoms with Gasteiger partial charge in [-0.15, -0.1) is 10.2 Å². The van der Waals surface area contributed by atoms with Crippen LogP contribution in [0.1, 0.15) is 0 Å². The van der Waals surface area contributed by atoms with E-state index in [0.29, 0.717) is 5.88 Å². The molecule has 0 amide bonds. The maximum atomic E-state index is 5.33. The number of methoxy groups -OCH3 is 1. The lowest BCUT2D eigenvalue weighted by atomic mass is 10.2. The maximum Gasteiger partial charge on any atom is 0.248 e. The monoisotopic (exact) mass is 300 g/mol. The number of hydrogen-bond donors (Lipinski definition) is 0. The van der Waals surface area contributed by atoms with Gasteiger partial charge in [0.25, 0.3) is 0 Å². The molecule has 0 aliphatic rings. The van der Waals surface area contributed by atoms with Gasteiger partial charge in [-0.25, -0.2) is 0 Å². The van der Waals surface area contributed by atoms with E-state index < -0.39 is 0 Å². The van der Waals surface area contributed by atoms with Gasteiger partial charge in [-0.05, 0) is 29.0 Å². The third-order valence-corrected chi connectivity index (χ3v) is 5.19. The van der Waals surface area contributed by atoms with Gasteiger partial charge in [0.2, 0.25) is 5.88 Å². The number of aromatic nitrogens is 2. The Balaban J connectivity index is 1.96. The van der Waals surface area contributed by atoms with Crippen LogP contribution in [-0.4, -0.2) is 17.3 Å². The summed E-state index contributed by atoms with van der Waals surface area (Å²) >= 11 is 0. The summed E-state index contributed by atoms with van der Waals surface area (Å²) in [5, 5.41) is 9.36. The Morgan fingerprint density at radius 2 is 1.60 bits per heavy atom. The lowest BCUT2D eigenvalue weighted by Gasteiger charge is -2.08. The van der Waals surface area contributed by atoms with E-state index in [0.717, 1.165) is 15.8 Å². The Labute approximate surface area is 125 Å². The molecule has 0 aliphatic heterocycles. The zero-order chi connectivity index (χ0) is 13.8. The molecule has 1 aromatic heterocycles. The van der Waals surface area contributed by atoms with Crippen molar-refractivity contribution in [3.63, 3.8) is 0 Å². The van der Waals surface area contributed by atoms with E-state index in [1.165, 1.54) is 4.90 Å². The first kappa shape index (κ1) is 13.3. The topological polar surface area (TPSA) is 35.0 Å². The van der Waals surface area contributed by atoms with Crippen LogP contribution in [0.3, 0.4) is 0 Å². The van der Waals surface area contributed by atoms with Crippen molar-refractivity contribution >= 4 is 32.5 Å². The summed E-state index contributed by atoms with van der Waals surface area (Å²) in [5.74, 6) is 0.567. The quantitative estimate of drug-likeness (QED) is 0.666. The third kappa shape index (κ3) is 2.73. The summed E-state index contributed by atoms with van der Waals surface area (Å²) < 4.78 is 5.33. The van der Waals surface area contributed by atoms with E-state index in [4.69, 9.17) is 4.74 Å². The van der Waals surface area contributed by atoms with Crippen LogP contribution in [0.25, 0.3) is 10.9 Å². The van der Waals surface area contributed by atoms with Gasteiger partial charge in [-0.3, -0.25) is 0 Å². The van der Waals surface area contributed by atoms with E-state index in [-0.39, 0.29) is 0 Å². The first-order chi connectivity index (χ1) is 9.88. The molecule has 0 aliphatic carbocycles. The number of ether oxygens (including phenoxy) is 1. The van der Waals surface area contributed by atoms with Gasteiger partial charge in [0.15, 0.2) is 0 Å². The summed E-state index contributed by atoms with van der Waals surface area (Å²) in [6.45, 7) is 0. The Hall–Kier alpha value is -1.72. The fourth-order valence-electron chi connectivity index (χ4n) is 1.79. The summed E-state index contributed by atoms with van der Waals surface area (Å²) in [7, 11) is 4.95. The molecule has 0 spiro atoms. The highest BCUT2D eigenvalue weighted by Gasteiger charge is 2.12. The first-order valence-electron chi connectivity index (χ1n) is 6.07. The van der Waals surface area contributed by atoms with Crippen molar-refractivity contribution in [2.24, 2.45) is 0 Å². The largest absolute Gasteiger partial charge is 0.479 e. The Kier molecular flexibility index (Phi) is 4.08. The van der Waals surface area contributed by atoms with Crippen molar-refractivity contribution < 1.29 is 4.74 Å². The summed E-state index contributed by atoms with van der Waals surface area (Å²) in [6.07, 6.45) is 0. The zero-order valence-electron chi connectivity index (χ0n) is 10.8. The molecule has 0 radical (unpaired) electrons. The molecule has 0 bridgehead atoms. The Bertz CT molecular complexity index is 719. The van der Waals surface area contributed by atoms with Gasteiger partial charge in [0.1, 0.15) is 0 Å². The standard InChI is InChI=1S/C15H12N2OS2/c1-18-15-14(20-19-11-7-3-2-4-8-11)12-9-5-6-10-13(12)16-17-15/h2-10H,1H3. The lowest BCUT2D eigenvalue weighted by Crippen LogP contribution is -1.94. The number of nitrogens with zero attached hydrogens (tertiary/aromatic N) is 2. The van der Waals surface area contributed by atoms with Gasteiger partial charge < -0.3 is 4.74 Å². The second-order valence-electron chi connectivity index (χ2n) is 4.04. The average molecular weight is 300 g/mol. The molecule has 0 saturated carbocycles. The van der Waals surface area contributed by atoms with Crippen molar-refractivity contribution in [1.29, 1.82) is 0 Å². The smallest absolute Gasteiger partial charge is 0.248 e. The number of hydrogen-bond acceptors (Lipinski definition) is 5. The molecule has 0 N–H and O–H groups in total. The second kappa shape index (κ2) is 6.15. The number of rotatable bonds is 4. The highest BCUT2D eigenvalue weighted by atomic mass is 33.1.